The van der Waals surface area contributed by atoms with E-state index in [4.69, 9.17) is 9.47 Å². The molecule has 6 heteroatoms. The lowest BCUT2D eigenvalue weighted by molar-refractivity contribution is -0.160. The number of carbonyl (C=O) groups excluding carboxylic acids is 3. The van der Waals surface area contributed by atoms with Gasteiger partial charge in [-0.2, -0.15) is 0 Å². The van der Waals surface area contributed by atoms with E-state index in [1.807, 2.05) is 13.8 Å². The van der Waals surface area contributed by atoms with Crippen LogP contribution in [0, 0.1) is 5.41 Å². The van der Waals surface area contributed by atoms with Gasteiger partial charge in [-0.05, 0) is 19.8 Å². The van der Waals surface area contributed by atoms with Crippen LogP contribution in [0.3, 0.4) is 0 Å². The Morgan fingerprint density at radius 2 is 1.50 bits per heavy atom. The Morgan fingerprint density at radius 3 is 1.91 bits per heavy atom. The van der Waals surface area contributed by atoms with Gasteiger partial charge in [0.25, 0.3) is 0 Å². The average Bonchev–Trinajstić information content (AvgIpc) is 2.49. The van der Waals surface area contributed by atoms with Gasteiger partial charge in [0.05, 0.1) is 25.6 Å². The second kappa shape index (κ2) is 11.0. The van der Waals surface area contributed by atoms with Crippen LogP contribution in [0.25, 0.3) is 0 Å². The number of ether oxygens (including phenoxy) is 3. The highest BCUT2D eigenvalue weighted by atomic mass is 16.7. The molecule has 128 valence electrons. The summed E-state index contributed by atoms with van der Waals surface area (Å²) >= 11 is 0. The average molecular weight is 316 g/mol. The standard InChI is InChI=1S/C16H28O6/c1-5-8-10-16(11-9-6-2,12-13(17)20-4)14(18)22-15(19)21-7-3/h5-12H2,1-4H3. The van der Waals surface area contributed by atoms with Crippen molar-refractivity contribution < 1.29 is 28.6 Å². The molecule has 0 aliphatic carbocycles. The summed E-state index contributed by atoms with van der Waals surface area (Å²) in [6.45, 7) is 5.75. The second-order valence-electron chi connectivity index (χ2n) is 5.31. The summed E-state index contributed by atoms with van der Waals surface area (Å²) in [6, 6.07) is 0. The fraction of sp³-hybridized carbons (Fsp3) is 0.812. The maximum atomic E-state index is 12.5. The van der Waals surface area contributed by atoms with E-state index in [0.29, 0.717) is 12.8 Å². The largest absolute Gasteiger partial charge is 0.516 e. The first-order valence-corrected chi connectivity index (χ1v) is 7.91. The third kappa shape index (κ3) is 6.91. The van der Waals surface area contributed by atoms with E-state index in [-0.39, 0.29) is 13.0 Å². The molecule has 0 unspecified atom stereocenters. The maximum Gasteiger partial charge on any atom is 0.516 e. The van der Waals surface area contributed by atoms with Crippen LogP contribution in [-0.2, 0) is 23.8 Å². The van der Waals surface area contributed by atoms with Crippen molar-refractivity contribution in [2.75, 3.05) is 13.7 Å². The minimum Gasteiger partial charge on any atom is -0.469 e. The van der Waals surface area contributed by atoms with E-state index in [2.05, 4.69) is 4.74 Å². The molecular weight excluding hydrogens is 288 g/mol. The zero-order valence-corrected chi connectivity index (χ0v) is 14.1. The third-order valence-corrected chi connectivity index (χ3v) is 3.60. The Hall–Kier alpha value is -1.59. The van der Waals surface area contributed by atoms with Gasteiger partial charge in [-0.25, -0.2) is 4.79 Å². The lowest BCUT2D eigenvalue weighted by Crippen LogP contribution is -2.37. The predicted octanol–water partition coefficient (Wildman–Crippen LogP) is 3.62. The Bertz CT molecular complexity index is 356. The molecule has 0 spiro atoms. The van der Waals surface area contributed by atoms with Crippen molar-refractivity contribution in [3.63, 3.8) is 0 Å². The van der Waals surface area contributed by atoms with Gasteiger partial charge in [0.15, 0.2) is 0 Å². The van der Waals surface area contributed by atoms with Crippen molar-refractivity contribution in [1.82, 2.24) is 0 Å². The van der Waals surface area contributed by atoms with Crippen LogP contribution < -0.4 is 0 Å². The highest BCUT2D eigenvalue weighted by Gasteiger charge is 2.42. The molecule has 0 N–H and O–H groups in total. The van der Waals surface area contributed by atoms with Crippen molar-refractivity contribution in [3.8, 4) is 0 Å². The molecule has 0 aromatic rings. The van der Waals surface area contributed by atoms with Crippen molar-refractivity contribution in [3.05, 3.63) is 0 Å². The first kappa shape index (κ1) is 20.4. The molecule has 0 atom stereocenters. The number of esters is 2. The normalized spacial score (nSPS) is 10.9. The van der Waals surface area contributed by atoms with Crippen molar-refractivity contribution in [2.24, 2.45) is 5.41 Å². The van der Waals surface area contributed by atoms with Gasteiger partial charge < -0.3 is 14.2 Å². The molecule has 0 rings (SSSR count). The Kier molecular flexibility index (Phi) is 10.2. The van der Waals surface area contributed by atoms with Crippen LogP contribution in [0.15, 0.2) is 0 Å². The summed E-state index contributed by atoms with van der Waals surface area (Å²) in [6.07, 6.45) is 3.14. The molecular formula is C16H28O6. The number of unbranched alkanes of at least 4 members (excludes halogenated alkanes) is 2. The van der Waals surface area contributed by atoms with Gasteiger partial charge in [0.2, 0.25) is 0 Å². The van der Waals surface area contributed by atoms with Crippen LogP contribution in [0.4, 0.5) is 4.79 Å². The fourth-order valence-electron chi connectivity index (χ4n) is 2.29. The zero-order chi connectivity index (χ0) is 17.0. The highest BCUT2D eigenvalue weighted by Crippen LogP contribution is 2.37. The van der Waals surface area contributed by atoms with Crippen LogP contribution in [0.5, 0.6) is 0 Å². The lowest BCUT2D eigenvalue weighted by Gasteiger charge is -2.29. The van der Waals surface area contributed by atoms with Gasteiger partial charge in [-0.3, -0.25) is 9.59 Å². The number of hydrogen-bond donors (Lipinski definition) is 0. The monoisotopic (exact) mass is 316 g/mol. The smallest absolute Gasteiger partial charge is 0.469 e. The topological polar surface area (TPSA) is 78.9 Å². The molecule has 0 saturated carbocycles. The van der Waals surface area contributed by atoms with E-state index < -0.39 is 23.5 Å². The van der Waals surface area contributed by atoms with Gasteiger partial charge in [-0.15, -0.1) is 0 Å². The van der Waals surface area contributed by atoms with Crippen molar-refractivity contribution in [2.45, 2.75) is 65.7 Å². The summed E-state index contributed by atoms with van der Waals surface area (Å²) in [5.41, 5.74) is -1.02. The van der Waals surface area contributed by atoms with Crippen molar-refractivity contribution >= 4 is 18.1 Å². The van der Waals surface area contributed by atoms with Gasteiger partial charge >= 0.3 is 18.1 Å². The van der Waals surface area contributed by atoms with E-state index in [1.165, 1.54) is 7.11 Å². The summed E-state index contributed by atoms with van der Waals surface area (Å²) in [4.78, 5) is 35.6. The number of rotatable bonds is 10. The van der Waals surface area contributed by atoms with E-state index in [9.17, 15) is 14.4 Å². The Labute approximate surface area is 132 Å². The number of methoxy groups -OCH3 is 1. The quantitative estimate of drug-likeness (QED) is 0.452. The molecule has 0 aromatic heterocycles. The minimum absolute atomic E-state index is 0.0816. The van der Waals surface area contributed by atoms with E-state index in [1.54, 1.807) is 6.92 Å². The molecule has 0 bridgehead atoms. The SMILES string of the molecule is CCCCC(CCCC)(CC(=O)OC)C(=O)OC(=O)OCC. The molecule has 0 aliphatic rings. The molecule has 0 radical (unpaired) electrons. The van der Waals surface area contributed by atoms with Gasteiger partial charge in [0.1, 0.15) is 0 Å². The molecule has 0 amide bonds. The molecule has 0 aliphatic heterocycles. The van der Waals surface area contributed by atoms with E-state index in [0.717, 1.165) is 25.7 Å². The summed E-state index contributed by atoms with van der Waals surface area (Å²) < 4.78 is 14.1. The molecule has 0 saturated heterocycles. The Balaban J connectivity index is 5.22. The van der Waals surface area contributed by atoms with Crippen molar-refractivity contribution in [1.29, 1.82) is 0 Å². The summed E-state index contributed by atoms with van der Waals surface area (Å²) in [5.74, 6) is -1.17. The number of hydrogen-bond acceptors (Lipinski definition) is 6. The first-order valence-electron chi connectivity index (χ1n) is 7.91. The second-order valence-corrected chi connectivity index (χ2v) is 5.31. The zero-order valence-electron chi connectivity index (χ0n) is 14.1. The third-order valence-electron chi connectivity index (χ3n) is 3.60. The molecule has 0 aromatic carbocycles. The summed E-state index contributed by atoms with van der Waals surface area (Å²) in [7, 11) is 1.28. The number of carbonyl (C=O) groups is 3. The highest BCUT2D eigenvalue weighted by molar-refractivity contribution is 5.89. The minimum atomic E-state index is -1.02. The van der Waals surface area contributed by atoms with Crippen LogP contribution in [0.2, 0.25) is 0 Å². The van der Waals surface area contributed by atoms with Gasteiger partial charge in [-0.1, -0.05) is 39.5 Å². The summed E-state index contributed by atoms with van der Waals surface area (Å²) in [5, 5.41) is 0. The fourth-order valence-corrected chi connectivity index (χ4v) is 2.29. The lowest BCUT2D eigenvalue weighted by atomic mass is 9.75. The van der Waals surface area contributed by atoms with Crippen LogP contribution >= 0.6 is 0 Å². The van der Waals surface area contributed by atoms with E-state index >= 15 is 0 Å². The van der Waals surface area contributed by atoms with Gasteiger partial charge in [0, 0.05) is 0 Å². The molecule has 22 heavy (non-hydrogen) atoms. The van der Waals surface area contributed by atoms with Crippen LogP contribution in [0.1, 0.15) is 65.7 Å². The maximum absolute atomic E-state index is 12.5. The molecule has 6 nitrogen and oxygen atoms in total. The molecule has 0 heterocycles. The predicted molar refractivity (Wildman–Crippen MR) is 81.2 cm³/mol. The molecule has 0 fully saturated rings. The van der Waals surface area contributed by atoms with Crippen LogP contribution in [-0.4, -0.2) is 31.8 Å². The first-order chi connectivity index (χ1) is 10.5. The Morgan fingerprint density at radius 1 is 0.955 bits per heavy atom.